The minimum Gasteiger partial charge on any atom is -0.456 e. The number of amides is 2. The SMILES string of the molecule is CC(=O)N[C@@H]1[C@@H](OC(C)=O)[C@H](OC(C)=O)[C@H]2Cn3cc(nn3)CCCCc3cn(nn3)C[C@H]3O[C@H](C/C=C/C[C@H]1O2)[C@H](NC(C)=O)[C@@H](OC(C)=O)[C@@H]3OC(C)=O. The van der Waals surface area contributed by atoms with Crippen LogP contribution in [0.4, 0.5) is 0 Å². The standard InChI is InChI=1S/C36H50N8O12/c1-19(45)37-31-27-13-9-10-14-28-32(38-20(2)46)36(54-24(6)50)34(52-22(4)48)30(56-28)18-44-16-26(40-42-44)12-8-7-11-25-15-43(41-39-25)17-29(55-27)33(51-21(3)47)35(31)53-23(5)49/h9-10,15-16,27-36H,7-8,11-14,17-18H2,1-6H3,(H,37,45)(H,38,46)/b10-9+/t27-,28-,29-,30-,31+,32+,33-,34-,35-,36-/m1/s1. The van der Waals surface area contributed by atoms with Gasteiger partial charge in [0.15, 0.2) is 24.4 Å². The lowest BCUT2D eigenvalue weighted by molar-refractivity contribution is -0.218. The Hall–Kier alpha value is -5.24. The van der Waals surface area contributed by atoms with Gasteiger partial charge in [0.25, 0.3) is 0 Å². The average molecular weight is 787 g/mol. The van der Waals surface area contributed by atoms with E-state index in [1.165, 1.54) is 41.5 Å². The van der Waals surface area contributed by atoms with E-state index < -0.39 is 96.6 Å². The van der Waals surface area contributed by atoms with Gasteiger partial charge in [-0.3, -0.25) is 28.8 Å². The van der Waals surface area contributed by atoms with Gasteiger partial charge in [-0.05, 0) is 38.5 Å². The van der Waals surface area contributed by atoms with Crippen LogP contribution < -0.4 is 10.6 Å². The van der Waals surface area contributed by atoms with Crippen molar-refractivity contribution in [2.75, 3.05) is 0 Å². The van der Waals surface area contributed by atoms with E-state index in [2.05, 4.69) is 31.3 Å². The Morgan fingerprint density at radius 1 is 0.571 bits per heavy atom. The molecule has 0 radical (unpaired) electrons. The first-order valence-corrected chi connectivity index (χ1v) is 18.6. The molecular weight excluding hydrogens is 736 g/mol. The predicted molar refractivity (Wildman–Crippen MR) is 190 cm³/mol. The van der Waals surface area contributed by atoms with Crippen molar-refractivity contribution in [2.45, 2.75) is 154 Å². The molecular formula is C36H50N8O12. The topological polar surface area (TPSA) is 243 Å². The van der Waals surface area contributed by atoms with Gasteiger partial charge < -0.3 is 39.1 Å². The number of fused-ring (bicyclic) bond motifs is 8. The van der Waals surface area contributed by atoms with Crippen molar-refractivity contribution in [1.29, 1.82) is 0 Å². The average Bonchev–Trinajstić information content (AvgIpc) is 3.74. The molecule has 0 unspecified atom stereocenters. The van der Waals surface area contributed by atoms with Crippen LogP contribution in [0.25, 0.3) is 0 Å². The highest BCUT2D eigenvalue weighted by molar-refractivity contribution is 5.74. The van der Waals surface area contributed by atoms with Gasteiger partial charge >= 0.3 is 23.9 Å². The molecule has 20 heteroatoms. The van der Waals surface area contributed by atoms with Crippen molar-refractivity contribution < 1.29 is 57.2 Å². The molecule has 20 nitrogen and oxygen atoms in total. The first-order chi connectivity index (χ1) is 26.7. The third-order valence-corrected chi connectivity index (χ3v) is 9.46. The molecule has 5 heterocycles. The fourth-order valence-corrected chi connectivity index (χ4v) is 7.41. The Kier molecular flexibility index (Phi) is 14.3. The minimum atomic E-state index is -1.13. The number of hydrogen-bond donors (Lipinski definition) is 2. The quantitative estimate of drug-likeness (QED) is 0.223. The number of nitrogens with one attached hydrogen (secondary N) is 2. The smallest absolute Gasteiger partial charge is 0.303 e. The molecule has 2 aromatic rings. The van der Waals surface area contributed by atoms with E-state index in [0.29, 0.717) is 12.8 Å². The maximum Gasteiger partial charge on any atom is 0.303 e. The van der Waals surface area contributed by atoms with Crippen LogP contribution in [0.3, 0.4) is 0 Å². The van der Waals surface area contributed by atoms with Crippen LogP contribution in [-0.2, 0) is 83.1 Å². The zero-order valence-electron chi connectivity index (χ0n) is 32.3. The molecule has 5 rings (SSSR count). The molecule has 3 aliphatic heterocycles. The van der Waals surface area contributed by atoms with Gasteiger partial charge in [-0.2, -0.15) is 0 Å². The van der Waals surface area contributed by atoms with E-state index in [4.69, 9.17) is 28.4 Å². The summed E-state index contributed by atoms with van der Waals surface area (Å²) in [7, 11) is 0. The van der Waals surface area contributed by atoms with E-state index >= 15 is 0 Å². The van der Waals surface area contributed by atoms with Gasteiger partial charge in [-0.1, -0.05) is 22.6 Å². The summed E-state index contributed by atoms with van der Waals surface area (Å²) in [6.07, 6.45) is 2.31. The van der Waals surface area contributed by atoms with Gasteiger partial charge in [0, 0.05) is 53.9 Å². The summed E-state index contributed by atoms with van der Waals surface area (Å²) < 4.78 is 39.1. The van der Waals surface area contributed by atoms with Crippen LogP contribution in [-0.4, -0.2) is 127 Å². The normalized spacial score (nSPS) is 30.2. The summed E-state index contributed by atoms with van der Waals surface area (Å²) in [6, 6.07) is -1.88. The van der Waals surface area contributed by atoms with Crippen molar-refractivity contribution in [3.05, 3.63) is 35.9 Å². The first-order valence-electron chi connectivity index (χ1n) is 18.6. The fourth-order valence-electron chi connectivity index (χ4n) is 7.41. The second-order valence-electron chi connectivity index (χ2n) is 14.2. The molecule has 0 aliphatic carbocycles. The Morgan fingerprint density at radius 3 is 1.27 bits per heavy atom. The van der Waals surface area contributed by atoms with Gasteiger partial charge in [0.05, 0.1) is 48.8 Å². The Bertz CT molecular complexity index is 1640. The van der Waals surface area contributed by atoms with Gasteiger partial charge in [0.2, 0.25) is 11.8 Å². The second-order valence-corrected chi connectivity index (χ2v) is 14.2. The van der Waals surface area contributed by atoms with E-state index in [-0.39, 0.29) is 25.9 Å². The van der Waals surface area contributed by atoms with Gasteiger partial charge in [-0.25, -0.2) is 9.36 Å². The number of aryl methyl sites for hydroxylation is 2. The van der Waals surface area contributed by atoms with Crippen LogP contribution >= 0.6 is 0 Å². The monoisotopic (exact) mass is 786 g/mol. The molecule has 2 N–H and O–H groups in total. The van der Waals surface area contributed by atoms with E-state index in [1.807, 2.05) is 0 Å². The Morgan fingerprint density at radius 2 is 0.929 bits per heavy atom. The van der Waals surface area contributed by atoms with Crippen molar-refractivity contribution in [2.24, 2.45) is 0 Å². The summed E-state index contributed by atoms with van der Waals surface area (Å²) in [5, 5.41) is 22.8. The van der Waals surface area contributed by atoms with Crippen LogP contribution in [0, 0.1) is 0 Å². The molecule has 0 aromatic carbocycles. The number of ether oxygens (including phenoxy) is 6. The summed E-state index contributed by atoms with van der Waals surface area (Å²) >= 11 is 0. The summed E-state index contributed by atoms with van der Waals surface area (Å²) in [6.45, 7) is 7.66. The Balaban J connectivity index is 1.53. The largest absolute Gasteiger partial charge is 0.456 e. The predicted octanol–water partition coefficient (Wildman–Crippen LogP) is 0.0560. The van der Waals surface area contributed by atoms with Crippen LogP contribution in [0.2, 0.25) is 0 Å². The number of aromatic nitrogens is 6. The molecule has 56 heavy (non-hydrogen) atoms. The first kappa shape index (κ1) is 41.9. The van der Waals surface area contributed by atoms with Crippen molar-refractivity contribution in [3.63, 3.8) is 0 Å². The van der Waals surface area contributed by atoms with Crippen LogP contribution in [0.5, 0.6) is 0 Å². The molecule has 2 saturated heterocycles. The number of hydrogen-bond acceptors (Lipinski definition) is 16. The third kappa shape index (κ3) is 11.4. The lowest BCUT2D eigenvalue weighted by Crippen LogP contribution is -2.66. The maximum atomic E-state index is 12.5. The summed E-state index contributed by atoms with van der Waals surface area (Å²) in [4.78, 5) is 74.6. The van der Waals surface area contributed by atoms with E-state index in [0.717, 1.165) is 24.2 Å². The molecule has 0 saturated carbocycles. The fraction of sp³-hybridized carbons (Fsp3) is 0.667. The highest BCUT2D eigenvalue weighted by atomic mass is 16.6. The zero-order valence-corrected chi connectivity index (χ0v) is 32.3. The van der Waals surface area contributed by atoms with Gasteiger partial charge in [-0.15, -0.1) is 10.2 Å². The number of nitrogens with zero attached hydrogens (tertiary/aromatic N) is 6. The number of carbonyl (C=O) groups excluding carboxylic acids is 6. The molecule has 306 valence electrons. The van der Waals surface area contributed by atoms with Crippen molar-refractivity contribution in [3.8, 4) is 0 Å². The molecule has 0 spiro atoms. The number of esters is 4. The third-order valence-electron chi connectivity index (χ3n) is 9.46. The summed E-state index contributed by atoms with van der Waals surface area (Å²) in [5.41, 5.74) is 1.45. The van der Waals surface area contributed by atoms with Gasteiger partial charge in [0.1, 0.15) is 12.2 Å². The Labute approximate surface area is 323 Å². The second kappa shape index (κ2) is 19.1. The lowest BCUT2D eigenvalue weighted by Gasteiger charge is -2.45. The molecule has 3 aliphatic rings. The molecule has 2 fully saturated rings. The van der Waals surface area contributed by atoms with Crippen LogP contribution in [0.15, 0.2) is 24.5 Å². The maximum absolute atomic E-state index is 12.5. The highest BCUT2D eigenvalue weighted by Gasteiger charge is 2.51. The van der Waals surface area contributed by atoms with Crippen LogP contribution in [0.1, 0.15) is 78.6 Å². The lowest BCUT2D eigenvalue weighted by atomic mass is 9.89. The van der Waals surface area contributed by atoms with Crippen molar-refractivity contribution in [1.82, 2.24) is 40.6 Å². The van der Waals surface area contributed by atoms with E-state index in [1.54, 1.807) is 33.9 Å². The molecule has 8 bridgehead atoms. The number of carbonyl (C=O) groups is 6. The zero-order chi connectivity index (χ0) is 40.5. The minimum absolute atomic E-state index is 0.0789. The number of rotatable bonds is 6. The highest BCUT2D eigenvalue weighted by Crippen LogP contribution is 2.32. The molecule has 2 amide bonds. The molecule has 2 aromatic heterocycles. The van der Waals surface area contributed by atoms with E-state index in [9.17, 15) is 28.8 Å². The summed E-state index contributed by atoms with van der Waals surface area (Å²) in [5.74, 6) is -3.46. The van der Waals surface area contributed by atoms with Crippen molar-refractivity contribution >= 4 is 35.7 Å². The molecule has 10 atom stereocenters.